The first-order chi connectivity index (χ1) is 14.1. The molecule has 0 radical (unpaired) electrons. The number of fused-ring (bicyclic) bond motifs is 1. The molecule has 0 spiro atoms. The van der Waals surface area contributed by atoms with Gasteiger partial charge in [-0.05, 0) is 59.7 Å². The number of hydrogen-bond acceptors (Lipinski definition) is 3. The summed E-state index contributed by atoms with van der Waals surface area (Å²) < 4.78 is 13.4. The molecule has 4 rings (SSSR count). The molecule has 1 N–H and O–H groups in total. The molecular weight excluding hydrogens is 367 g/mol. The zero-order chi connectivity index (χ0) is 20.2. The lowest BCUT2D eigenvalue weighted by molar-refractivity contribution is -0.112. The van der Waals surface area contributed by atoms with Crippen LogP contribution < -0.4 is 5.32 Å². The number of nitrogens with zero attached hydrogens (tertiary/aromatic N) is 1. The number of aromatic nitrogens is 1. The first-order valence-corrected chi connectivity index (χ1v) is 8.95. The molecule has 1 amide bonds. The van der Waals surface area contributed by atoms with Crippen LogP contribution in [0.2, 0.25) is 0 Å². The molecule has 0 saturated carbocycles. The summed E-state index contributed by atoms with van der Waals surface area (Å²) in [6.07, 6.45) is 5.38. The molecule has 1 aliphatic rings. The van der Waals surface area contributed by atoms with Crippen molar-refractivity contribution in [3.8, 4) is 11.8 Å². The smallest absolute Gasteiger partial charge is 0.259 e. The molecule has 0 unspecified atom stereocenters. The molecule has 0 aliphatic carbocycles. The van der Waals surface area contributed by atoms with Crippen molar-refractivity contribution in [3.63, 3.8) is 0 Å². The summed E-state index contributed by atoms with van der Waals surface area (Å²) in [6.45, 7) is 0. The number of carbonyl (C=O) groups is 2. The fourth-order valence-electron chi connectivity index (χ4n) is 3.00. The lowest BCUT2D eigenvalue weighted by Crippen LogP contribution is -2.27. The van der Waals surface area contributed by atoms with E-state index in [1.54, 1.807) is 36.7 Å². The number of hydrogen-bond donors (Lipinski definition) is 1. The van der Waals surface area contributed by atoms with Gasteiger partial charge in [-0.1, -0.05) is 24.0 Å². The number of pyridine rings is 1. The van der Waals surface area contributed by atoms with E-state index in [1.807, 2.05) is 12.1 Å². The summed E-state index contributed by atoms with van der Waals surface area (Å²) >= 11 is 0. The van der Waals surface area contributed by atoms with E-state index in [-0.39, 0.29) is 5.57 Å². The van der Waals surface area contributed by atoms with Crippen LogP contribution in [-0.2, 0) is 11.2 Å². The van der Waals surface area contributed by atoms with E-state index in [0.717, 1.165) is 5.56 Å². The number of nitrogens with one attached hydrogen (secondary N) is 1. The number of benzene rings is 2. The fraction of sp³-hybridized carbons (Fsp3) is 0.0417. The molecule has 1 aromatic heterocycles. The Kier molecular flexibility index (Phi) is 5.00. The molecule has 140 valence electrons. The molecule has 2 aromatic carbocycles. The van der Waals surface area contributed by atoms with Crippen LogP contribution in [0.4, 0.5) is 10.1 Å². The third-order valence-electron chi connectivity index (χ3n) is 4.44. The van der Waals surface area contributed by atoms with E-state index in [4.69, 9.17) is 0 Å². The fourth-order valence-corrected chi connectivity index (χ4v) is 3.00. The van der Waals surface area contributed by atoms with Crippen molar-refractivity contribution in [3.05, 3.63) is 101 Å². The minimum Gasteiger partial charge on any atom is -0.321 e. The van der Waals surface area contributed by atoms with Crippen LogP contribution in [0.5, 0.6) is 0 Å². The normalized spacial score (nSPS) is 14.0. The maximum absolute atomic E-state index is 13.4. The maximum Gasteiger partial charge on any atom is 0.259 e. The second-order valence-electron chi connectivity index (χ2n) is 6.49. The Morgan fingerprint density at radius 1 is 1.03 bits per heavy atom. The molecule has 0 bridgehead atoms. The van der Waals surface area contributed by atoms with Crippen molar-refractivity contribution >= 4 is 23.5 Å². The monoisotopic (exact) mass is 382 g/mol. The van der Waals surface area contributed by atoms with Gasteiger partial charge in [-0.2, -0.15) is 0 Å². The van der Waals surface area contributed by atoms with Gasteiger partial charge in [0.15, 0.2) is 0 Å². The van der Waals surface area contributed by atoms with Crippen LogP contribution in [0, 0.1) is 17.7 Å². The molecular formula is C24H15FN2O2. The molecule has 29 heavy (non-hydrogen) atoms. The highest BCUT2D eigenvalue weighted by molar-refractivity contribution is 6.36. The topological polar surface area (TPSA) is 59.1 Å². The Hall–Kier alpha value is -4.04. The first-order valence-electron chi connectivity index (χ1n) is 8.95. The van der Waals surface area contributed by atoms with Crippen LogP contribution in [0.3, 0.4) is 0 Å². The molecule has 0 saturated heterocycles. The Labute approximate surface area is 167 Å². The van der Waals surface area contributed by atoms with Crippen LogP contribution in [0.15, 0.2) is 72.6 Å². The highest BCUT2D eigenvalue weighted by Crippen LogP contribution is 2.27. The predicted molar refractivity (Wildman–Crippen MR) is 109 cm³/mol. The minimum atomic E-state index is -0.511. The van der Waals surface area contributed by atoms with E-state index in [9.17, 15) is 14.0 Å². The third kappa shape index (κ3) is 4.12. The number of anilines is 1. The zero-order valence-electron chi connectivity index (χ0n) is 15.3. The summed E-state index contributed by atoms with van der Waals surface area (Å²) in [6, 6.07) is 14.6. The molecule has 5 heteroatoms. The van der Waals surface area contributed by atoms with Gasteiger partial charge in [0.05, 0.1) is 11.3 Å². The van der Waals surface area contributed by atoms with Gasteiger partial charge in [-0.15, -0.1) is 0 Å². The Morgan fingerprint density at radius 3 is 2.66 bits per heavy atom. The lowest BCUT2D eigenvalue weighted by atomic mass is 9.93. The van der Waals surface area contributed by atoms with E-state index < -0.39 is 17.5 Å². The van der Waals surface area contributed by atoms with Crippen LogP contribution >= 0.6 is 0 Å². The average molecular weight is 382 g/mol. The van der Waals surface area contributed by atoms with Crippen molar-refractivity contribution < 1.29 is 14.0 Å². The summed E-state index contributed by atoms with van der Waals surface area (Å²) in [5.41, 5.74) is 2.94. The van der Waals surface area contributed by atoms with Crippen molar-refractivity contribution in [1.82, 2.24) is 4.98 Å². The van der Waals surface area contributed by atoms with Gasteiger partial charge in [0.2, 0.25) is 5.78 Å². The summed E-state index contributed by atoms with van der Waals surface area (Å²) in [5.74, 6) is 4.76. The standard InChI is InChI=1S/C24H15FN2O2/c25-19-6-2-5-18(13-19)15-21-23(28)20-14-17(7-8-22(20)27-24(21)29)4-1-3-16-9-11-26-12-10-16/h2,5-15H,3H2,(H,27,29)/b21-15+. The summed E-state index contributed by atoms with van der Waals surface area (Å²) in [4.78, 5) is 29.2. The van der Waals surface area contributed by atoms with Gasteiger partial charge in [-0.25, -0.2) is 4.39 Å². The van der Waals surface area contributed by atoms with Gasteiger partial charge in [-0.3, -0.25) is 14.6 Å². The second-order valence-corrected chi connectivity index (χ2v) is 6.49. The van der Waals surface area contributed by atoms with Crippen molar-refractivity contribution in [2.45, 2.75) is 6.42 Å². The predicted octanol–water partition coefficient (Wildman–Crippen LogP) is 4.03. The van der Waals surface area contributed by atoms with Crippen LogP contribution in [-0.4, -0.2) is 16.7 Å². The zero-order valence-corrected chi connectivity index (χ0v) is 15.3. The van der Waals surface area contributed by atoms with Gasteiger partial charge in [0, 0.05) is 29.9 Å². The summed E-state index contributed by atoms with van der Waals surface area (Å²) in [5, 5.41) is 2.71. The number of carbonyl (C=O) groups excluding carboxylic acids is 2. The Bertz CT molecular complexity index is 1200. The van der Waals surface area contributed by atoms with Gasteiger partial charge < -0.3 is 5.32 Å². The molecule has 1 aliphatic heterocycles. The van der Waals surface area contributed by atoms with Crippen molar-refractivity contribution in [2.75, 3.05) is 5.32 Å². The maximum atomic E-state index is 13.4. The van der Waals surface area contributed by atoms with Crippen molar-refractivity contribution in [1.29, 1.82) is 0 Å². The summed E-state index contributed by atoms with van der Waals surface area (Å²) in [7, 11) is 0. The first kappa shape index (κ1) is 18.3. The molecule has 0 atom stereocenters. The van der Waals surface area contributed by atoms with Crippen LogP contribution in [0.25, 0.3) is 6.08 Å². The molecule has 2 heterocycles. The Morgan fingerprint density at radius 2 is 1.86 bits per heavy atom. The number of halogens is 1. The second kappa shape index (κ2) is 7.91. The number of amides is 1. The van der Waals surface area contributed by atoms with Gasteiger partial charge in [0.25, 0.3) is 5.91 Å². The Balaban J connectivity index is 1.62. The average Bonchev–Trinajstić information content (AvgIpc) is 2.72. The third-order valence-corrected chi connectivity index (χ3v) is 4.44. The quantitative estimate of drug-likeness (QED) is 0.414. The number of Topliss-reactive ketones (excluding diaryl/α,β-unsaturated/α-hetero) is 1. The van der Waals surface area contributed by atoms with Crippen molar-refractivity contribution in [2.24, 2.45) is 0 Å². The lowest BCUT2D eigenvalue weighted by Gasteiger charge is -2.18. The minimum absolute atomic E-state index is 0.0370. The number of ketones is 1. The van der Waals surface area contributed by atoms with E-state index in [0.29, 0.717) is 28.8 Å². The van der Waals surface area contributed by atoms with Gasteiger partial charge >= 0.3 is 0 Å². The molecule has 3 aromatic rings. The largest absolute Gasteiger partial charge is 0.321 e. The number of rotatable bonds is 2. The van der Waals surface area contributed by atoms with Gasteiger partial charge in [0.1, 0.15) is 5.82 Å². The van der Waals surface area contributed by atoms with E-state index >= 15 is 0 Å². The molecule has 0 fully saturated rings. The van der Waals surface area contributed by atoms with Crippen LogP contribution in [0.1, 0.15) is 27.0 Å². The highest BCUT2D eigenvalue weighted by Gasteiger charge is 2.28. The molecule has 4 nitrogen and oxygen atoms in total. The highest BCUT2D eigenvalue weighted by atomic mass is 19.1. The van der Waals surface area contributed by atoms with E-state index in [1.165, 1.54) is 24.3 Å². The SMILES string of the molecule is O=C1Nc2ccc(C#CCc3ccncc3)cc2C(=O)/C1=C\c1cccc(F)c1. The van der Waals surface area contributed by atoms with E-state index in [2.05, 4.69) is 22.1 Å².